The van der Waals surface area contributed by atoms with Gasteiger partial charge in [0, 0.05) is 5.92 Å². The smallest absolute Gasteiger partial charge is 0.310 e. The molecular weight excluding hydrogens is 192 g/mol. The van der Waals surface area contributed by atoms with Crippen molar-refractivity contribution in [1.29, 1.82) is 0 Å². The molecule has 2 rings (SSSR count). The standard InChI is InChI=1S/C12H16O3/c1-7-3-4-10(8(2)13)11-9(7)5-6-15-12(11)14/h3,9-11H,4-6H2,1-2H3/t9-,10+,11-/m0/s1. The highest BCUT2D eigenvalue weighted by molar-refractivity contribution is 5.86. The van der Waals surface area contributed by atoms with Crippen molar-refractivity contribution < 1.29 is 14.3 Å². The van der Waals surface area contributed by atoms with Crippen LogP contribution in [0.5, 0.6) is 0 Å². The van der Waals surface area contributed by atoms with Crippen LogP contribution in [0, 0.1) is 17.8 Å². The average molecular weight is 208 g/mol. The van der Waals surface area contributed by atoms with Gasteiger partial charge in [-0.15, -0.1) is 0 Å². The maximum absolute atomic E-state index is 11.7. The van der Waals surface area contributed by atoms with Gasteiger partial charge >= 0.3 is 5.97 Å². The zero-order chi connectivity index (χ0) is 11.0. The highest BCUT2D eigenvalue weighted by atomic mass is 16.5. The van der Waals surface area contributed by atoms with E-state index in [1.807, 2.05) is 6.92 Å². The highest BCUT2D eigenvalue weighted by Gasteiger charge is 2.43. The predicted octanol–water partition coefficient (Wildman–Crippen LogP) is 1.72. The molecule has 2 aliphatic rings. The largest absolute Gasteiger partial charge is 0.465 e. The molecule has 1 heterocycles. The molecule has 0 aromatic carbocycles. The maximum atomic E-state index is 11.7. The van der Waals surface area contributed by atoms with E-state index in [4.69, 9.17) is 4.74 Å². The van der Waals surface area contributed by atoms with E-state index in [0.717, 1.165) is 6.42 Å². The molecule has 0 spiro atoms. The Morgan fingerprint density at radius 1 is 1.53 bits per heavy atom. The molecule has 3 nitrogen and oxygen atoms in total. The lowest BCUT2D eigenvalue weighted by Crippen LogP contribution is -2.42. The van der Waals surface area contributed by atoms with Crippen molar-refractivity contribution in [3.05, 3.63) is 11.6 Å². The first-order chi connectivity index (χ1) is 7.11. The average Bonchev–Trinajstić information content (AvgIpc) is 2.19. The van der Waals surface area contributed by atoms with Gasteiger partial charge in [0.25, 0.3) is 0 Å². The summed E-state index contributed by atoms with van der Waals surface area (Å²) in [7, 11) is 0. The number of fused-ring (bicyclic) bond motifs is 1. The van der Waals surface area contributed by atoms with Crippen molar-refractivity contribution in [2.24, 2.45) is 17.8 Å². The van der Waals surface area contributed by atoms with Gasteiger partial charge < -0.3 is 4.74 Å². The van der Waals surface area contributed by atoms with Gasteiger partial charge in [0.15, 0.2) is 0 Å². The molecule has 15 heavy (non-hydrogen) atoms. The van der Waals surface area contributed by atoms with Crippen LogP contribution >= 0.6 is 0 Å². The van der Waals surface area contributed by atoms with Crippen molar-refractivity contribution in [2.75, 3.05) is 6.61 Å². The summed E-state index contributed by atoms with van der Waals surface area (Å²) < 4.78 is 5.06. The quantitative estimate of drug-likeness (QED) is 0.487. The molecule has 0 amide bonds. The van der Waals surface area contributed by atoms with E-state index in [1.54, 1.807) is 6.92 Å². The number of hydrogen-bond acceptors (Lipinski definition) is 3. The van der Waals surface area contributed by atoms with Gasteiger partial charge in [-0.1, -0.05) is 11.6 Å². The Kier molecular flexibility index (Phi) is 2.63. The van der Waals surface area contributed by atoms with E-state index in [1.165, 1.54) is 5.57 Å². The van der Waals surface area contributed by atoms with Gasteiger partial charge in [-0.25, -0.2) is 0 Å². The van der Waals surface area contributed by atoms with Crippen molar-refractivity contribution in [3.63, 3.8) is 0 Å². The second kappa shape index (κ2) is 3.80. The van der Waals surface area contributed by atoms with Gasteiger partial charge in [0.1, 0.15) is 5.78 Å². The molecule has 0 unspecified atom stereocenters. The summed E-state index contributed by atoms with van der Waals surface area (Å²) in [6.07, 6.45) is 3.66. The van der Waals surface area contributed by atoms with Crippen LogP contribution in [0.3, 0.4) is 0 Å². The molecule has 0 aromatic rings. The Morgan fingerprint density at radius 3 is 2.93 bits per heavy atom. The number of ether oxygens (including phenoxy) is 1. The van der Waals surface area contributed by atoms with Crippen LogP contribution in [0.15, 0.2) is 11.6 Å². The van der Waals surface area contributed by atoms with Crippen molar-refractivity contribution in [2.45, 2.75) is 26.7 Å². The fourth-order valence-electron chi connectivity index (χ4n) is 2.71. The van der Waals surface area contributed by atoms with Crippen LogP contribution in [0.1, 0.15) is 26.7 Å². The normalized spacial score (nSPS) is 35.2. The second-order valence-electron chi connectivity index (χ2n) is 4.49. The number of carbonyl (C=O) groups is 2. The number of Topliss-reactive ketones (excluding diaryl/α,β-unsaturated/α-hetero) is 1. The van der Waals surface area contributed by atoms with Gasteiger partial charge in [-0.2, -0.15) is 0 Å². The molecule has 1 aliphatic carbocycles. The Hall–Kier alpha value is -1.12. The minimum absolute atomic E-state index is 0.104. The first-order valence-corrected chi connectivity index (χ1v) is 5.45. The number of esters is 1. The Bertz CT molecular complexity index is 328. The summed E-state index contributed by atoms with van der Waals surface area (Å²) in [6.45, 7) is 4.11. The van der Waals surface area contributed by atoms with Gasteiger partial charge in [-0.3, -0.25) is 9.59 Å². The summed E-state index contributed by atoms with van der Waals surface area (Å²) in [4.78, 5) is 23.2. The number of cyclic esters (lactones) is 1. The van der Waals surface area contributed by atoms with Gasteiger partial charge in [0.05, 0.1) is 12.5 Å². The minimum Gasteiger partial charge on any atom is -0.465 e. The molecule has 1 saturated heterocycles. The first kappa shape index (κ1) is 10.4. The molecule has 0 radical (unpaired) electrons. The van der Waals surface area contributed by atoms with Crippen LogP contribution in [-0.4, -0.2) is 18.4 Å². The molecule has 0 N–H and O–H groups in total. The monoisotopic (exact) mass is 208 g/mol. The van der Waals surface area contributed by atoms with E-state index in [2.05, 4.69) is 6.08 Å². The third-order valence-corrected chi connectivity index (χ3v) is 3.61. The molecule has 0 aromatic heterocycles. The first-order valence-electron chi connectivity index (χ1n) is 5.45. The Labute approximate surface area is 89.5 Å². The van der Waals surface area contributed by atoms with Crippen LogP contribution in [-0.2, 0) is 14.3 Å². The van der Waals surface area contributed by atoms with E-state index >= 15 is 0 Å². The van der Waals surface area contributed by atoms with Crippen molar-refractivity contribution in [1.82, 2.24) is 0 Å². The summed E-state index contributed by atoms with van der Waals surface area (Å²) >= 11 is 0. The number of ketones is 1. The topological polar surface area (TPSA) is 43.4 Å². The van der Waals surface area contributed by atoms with Crippen LogP contribution < -0.4 is 0 Å². The number of carbonyl (C=O) groups excluding carboxylic acids is 2. The lowest BCUT2D eigenvalue weighted by Gasteiger charge is -2.37. The third kappa shape index (κ3) is 1.71. The summed E-state index contributed by atoms with van der Waals surface area (Å²) in [5.41, 5.74) is 1.24. The van der Waals surface area contributed by atoms with Crippen LogP contribution in [0.4, 0.5) is 0 Å². The van der Waals surface area contributed by atoms with Crippen LogP contribution in [0.25, 0.3) is 0 Å². The van der Waals surface area contributed by atoms with Gasteiger partial charge in [-0.05, 0) is 32.6 Å². The summed E-state index contributed by atoms with van der Waals surface area (Å²) in [5.74, 6) is -0.229. The zero-order valence-corrected chi connectivity index (χ0v) is 9.16. The van der Waals surface area contributed by atoms with E-state index in [9.17, 15) is 9.59 Å². The fraction of sp³-hybridized carbons (Fsp3) is 0.667. The summed E-state index contributed by atoms with van der Waals surface area (Å²) in [5, 5.41) is 0. The fourth-order valence-corrected chi connectivity index (χ4v) is 2.71. The second-order valence-corrected chi connectivity index (χ2v) is 4.49. The minimum atomic E-state index is -0.221. The third-order valence-electron chi connectivity index (χ3n) is 3.61. The maximum Gasteiger partial charge on any atom is 0.310 e. The lowest BCUT2D eigenvalue weighted by atomic mass is 9.69. The number of allylic oxidation sites excluding steroid dienone is 2. The lowest BCUT2D eigenvalue weighted by molar-refractivity contribution is -0.160. The van der Waals surface area contributed by atoms with E-state index in [-0.39, 0.29) is 29.5 Å². The molecule has 82 valence electrons. The van der Waals surface area contributed by atoms with Gasteiger partial charge in [0.2, 0.25) is 0 Å². The molecular formula is C12H16O3. The van der Waals surface area contributed by atoms with Crippen molar-refractivity contribution in [3.8, 4) is 0 Å². The number of hydrogen-bond donors (Lipinski definition) is 0. The molecule has 1 fully saturated rings. The highest BCUT2D eigenvalue weighted by Crippen LogP contribution is 2.40. The molecule has 3 atom stereocenters. The predicted molar refractivity (Wildman–Crippen MR) is 55.1 cm³/mol. The molecule has 0 bridgehead atoms. The number of rotatable bonds is 1. The van der Waals surface area contributed by atoms with Crippen LogP contribution in [0.2, 0.25) is 0 Å². The molecule has 0 saturated carbocycles. The zero-order valence-electron chi connectivity index (χ0n) is 9.16. The van der Waals surface area contributed by atoms with Crippen molar-refractivity contribution >= 4 is 11.8 Å². The molecule has 3 heteroatoms. The summed E-state index contributed by atoms with van der Waals surface area (Å²) in [6, 6.07) is 0. The Balaban J connectivity index is 2.32. The van der Waals surface area contributed by atoms with E-state index in [0.29, 0.717) is 13.0 Å². The molecule has 1 aliphatic heterocycles. The SMILES string of the molecule is CC(=O)[C@H]1CC=C(C)[C@@H]2CCOC(=O)[C@H]12. The Morgan fingerprint density at radius 2 is 2.27 bits per heavy atom. The van der Waals surface area contributed by atoms with E-state index < -0.39 is 0 Å².